The van der Waals surface area contributed by atoms with E-state index in [4.69, 9.17) is 0 Å². The van der Waals surface area contributed by atoms with Gasteiger partial charge >= 0.3 is 0 Å². The Morgan fingerprint density at radius 3 is 1.81 bits per heavy atom. The molecule has 0 aliphatic heterocycles. The van der Waals surface area contributed by atoms with E-state index in [1.807, 2.05) is 12.1 Å². The van der Waals surface area contributed by atoms with Crippen LogP contribution in [0.5, 0.6) is 0 Å². The minimum Gasteiger partial charge on any atom is -0.356 e. The van der Waals surface area contributed by atoms with Crippen molar-refractivity contribution in [3.63, 3.8) is 0 Å². The Kier molecular flexibility index (Phi) is 10.9. The molecular formula is C19H33NO. The number of rotatable bonds is 14. The summed E-state index contributed by atoms with van der Waals surface area (Å²) >= 11 is 0. The lowest BCUT2D eigenvalue weighted by Gasteiger charge is -2.02. The molecule has 1 aromatic heterocycles. The molecule has 0 radical (unpaired) electrons. The normalized spacial score (nSPS) is 10.9. The van der Waals surface area contributed by atoms with Gasteiger partial charge in [0.05, 0.1) is 5.69 Å². The molecule has 1 rings (SSSR count). The number of aromatic nitrogens is 1. The first kappa shape index (κ1) is 18.0. The average Bonchev–Trinajstić information content (AvgIpc) is 2.96. The van der Waals surface area contributed by atoms with E-state index in [1.165, 1.54) is 82.7 Å². The van der Waals surface area contributed by atoms with E-state index in [-0.39, 0.29) is 0 Å². The molecule has 1 aromatic rings. The van der Waals surface area contributed by atoms with Crippen LogP contribution in [0.2, 0.25) is 0 Å². The van der Waals surface area contributed by atoms with Crippen LogP contribution in [0.4, 0.5) is 0 Å². The standard InChI is InChI=1S/C19H33NO/c1-2-3-4-5-6-7-8-9-10-11-12-13-14-18-15-16-19(17-21)20-18/h15-17,20H,2-14H2,1H3. The number of aryl methyl sites for hydroxylation is 1. The minimum atomic E-state index is 0.698. The third-order valence-electron chi connectivity index (χ3n) is 4.20. The van der Waals surface area contributed by atoms with Gasteiger partial charge in [-0.2, -0.15) is 0 Å². The summed E-state index contributed by atoms with van der Waals surface area (Å²) in [5.74, 6) is 0. The summed E-state index contributed by atoms with van der Waals surface area (Å²) in [7, 11) is 0. The molecule has 0 spiro atoms. The fourth-order valence-corrected chi connectivity index (χ4v) is 2.83. The van der Waals surface area contributed by atoms with Crippen LogP contribution in [-0.4, -0.2) is 11.3 Å². The third kappa shape index (κ3) is 9.49. The maximum atomic E-state index is 10.6. The van der Waals surface area contributed by atoms with Crippen LogP contribution in [0.25, 0.3) is 0 Å². The monoisotopic (exact) mass is 291 g/mol. The van der Waals surface area contributed by atoms with Gasteiger partial charge in [-0.15, -0.1) is 0 Å². The van der Waals surface area contributed by atoms with Gasteiger partial charge in [-0.25, -0.2) is 0 Å². The van der Waals surface area contributed by atoms with Crippen molar-refractivity contribution in [2.24, 2.45) is 0 Å². The molecular weight excluding hydrogens is 258 g/mol. The smallest absolute Gasteiger partial charge is 0.166 e. The van der Waals surface area contributed by atoms with Gasteiger partial charge in [0, 0.05) is 5.69 Å². The van der Waals surface area contributed by atoms with Crippen molar-refractivity contribution in [3.05, 3.63) is 23.5 Å². The number of hydrogen-bond acceptors (Lipinski definition) is 1. The first-order valence-corrected chi connectivity index (χ1v) is 9.00. The maximum Gasteiger partial charge on any atom is 0.166 e. The van der Waals surface area contributed by atoms with Crippen LogP contribution in [0.3, 0.4) is 0 Å². The van der Waals surface area contributed by atoms with Crippen molar-refractivity contribution in [1.29, 1.82) is 0 Å². The van der Waals surface area contributed by atoms with Crippen molar-refractivity contribution in [2.75, 3.05) is 0 Å². The molecule has 0 amide bonds. The van der Waals surface area contributed by atoms with Gasteiger partial charge in [-0.3, -0.25) is 4.79 Å². The molecule has 0 unspecified atom stereocenters. The highest BCUT2D eigenvalue weighted by Gasteiger charge is 1.98. The molecule has 0 aliphatic rings. The Bertz CT molecular complexity index is 356. The first-order chi connectivity index (χ1) is 10.4. The highest BCUT2D eigenvalue weighted by Crippen LogP contribution is 2.13. The van der Waals surface area contributed by atoms with Crippen LogP contribution in [-0.2, 0) is 6.42 Å². The van der Waals surface area contributed by atoms with E-state index in [0.717, 1.165) is 12.7 Å². The molecule has 2 nitrogen and oxygen atoms in total. The molecule has 0 aromatic carbocycles. The van der Waals surface area contributed by atoms with Crippen LogP contribution in [0.1, 0.15) is 100 Å². The molecule has 120 valence electrons. The molecule has 0 saturated heterocycles. The SMILES string of the molecule is CCCCCCCCCCCCCCc1ccc(C=O)[nH]1. The number of carbonyl (C=O) groups is 1. The van der Waals surface area contributed by atoms with E-state index in [9.17, 15) is 4.79 Å². The number of hydrogen-bond donors (Lipinski definition) is 1. The van der Waals surface area contributed by atoms with Crippen LogP contribution in [0.15, 0.2) is 12.1 Å². The summed E-state index contributed by atoms with van der Waals surface area (Å²) in [4.78, 5) is 13.7. The summed E-state index contributed by atoms with van der Waals surface area (Å²) < 4.78 is 0. The van der Waals surface area contributed by atoms with Gasteiger partial charge in [-0.1, -0.05) is 77.6 Å². The Labute approximate surface area is 130 Å². The number of aldehydes is 1. The molecule has 0 fully saturated rings. The summed E-state index contributed by atoms with van der Waals surface area (Å²) in [5, 5.41) is 0. The van der Waals surface area contributed by atoms with Crippen LogP contribution < -0.4 is 0 Å². The molecule has 1 heterocycles. The third-order valence-corrected chi connectivity index (χ3v) is 4.20. The van der Waals surface area contributed by atoms with Crippen molar-refractivity contribution in [1.82, 2.24) is 4.98 Å². The fraction of sp³-hybridized carbons (Fsp3) is 0.737. The first-order valence-electron chi connectivity index (χ1n) is 9.00. The largest absolute Gasteiger partial charge is 0.356 e. The van der Waals surface area contributed by atoms with Gasteiger partial charge in [0.25, 0.3) is 0 Å². The summed E-state index contributed by atoms with van der Waals surface area (Å²) in [6.07, 6.45) is 18.6. The highest BCUT2D eigenvalue weighted by molar-refractivity contribution is 5.71. The second kappa shape index (κ2) is 12.7. The number of H-pyrrole nitrogens is 1. The molecule has 0 aliphatic carbocycles. The lowest BCUT2D eigenvalue weighted by atomic mass is 10.0. The average molecular weight is 291 g/mol. The second-order valence-corrected chi connectivity index (χ2v) is 6.20. The molecule has 0 bridgehead atoms. The minimum absolute atomic E-state index is 0.698. The van der Waals surface area contributed by atoms with Crippen molar-refractivity contribution >= 4 is 6.29 Å². The summed E-state index contributed by atoms with van der Waals surface area (Å²) in [6, 6.07) is 3.89. The van der Waals surface area contributed by atoms with E-state index < -0.39 is 0 Å². The van der Waals surface area contributed by atoms with Gasteiger partial charge < -0.3 is 4.98 Å². The summed E-state index contributed by atoms with van der Waals surface area (Å²) in [6.45, 7) is 2.27. The number of aromatic amines is 1. The van der Waals surface area contributed by atoms with E-state index in [1.54, 1.807) is 0 Å². The van der Waals surface area contributed by atoms with E-state index in [2.05, 4.69) is 11.9 Å². The van der Waals surface area contributed by atoms with Gasteiger partial charge in [0.15, 0.2) is 6.29 Å². The van der Waals surface area contributed by atoms with Gasteiger partial charge in [-0.05, 0) is 25.0 Å². The Morgan fingerprint density at radius 1 is 0.810 bits per heavy atom. The Balaban J connectivity index is 1.81. The molecule has 1 N–H and O–H groups in total. The quantitative estimate of drug-likeness (QED) is 0.327. The fourth-order valence-electron chi connectivity index (χ4n) is 2.83. The van der Waals surface area contributed by atoms with Gasteiger partial charge in [0.1, 0.15) is 0 Å². The zero-order valence-electron chi connectivity index (χ0n) is 13.8. The lowest BCUT2D eigenvalue weighted by molar-refractivity contribution is 0.111. The lowest BCUT2D eigenvalue weighted by Crippen LogP contribution is -1.88. The Hall–Kier alpha value is -1.05. The van der Waals surface area contributed by atoms with Crippen LogP contribution >= 0.6 is 0 Å². The molecule has 0 saturated carbocycles. The predicted molar refractivity (Wildman–Crippen MR) is 91.0 cm³/mol. The Morgan fingerprint density at radius 2 is 1.33 bits per heavy atom. The van der Waals surface area contributed by atoms with E-state index in [0.29, 0.717) is 5.69 Å². The van der Waals surface area contributed by atoms with Crippen molar-refractivity contribution in [2.45, 2.75) is 90.4 Å². The number of nitrogens with one attached hydrogen (secondary N) is 1. The van der Waals surface area contributed by atoms with Gasteiger partial charge in [0.2, 0.25) is 0 Å². The zero-order valence-corrected chi connectivity index (χ0v) is 13.8. The molecule has 21 heavy (non-hydrogen) atoms. The maximum absolute atomic E-state index is 10.6. The zero-order chi connectivity index (χ0) is 15.2. The van der Waals surface area contributed by atoms with E-state index >= 15 is 0 Å². The van der Waals surface area contributed by atoms with Crippen molar-refractivity contribution < 1.29 is 4.79 Å². The number of unbranched alkanes of at least 4 members (excludes halogenated alkanes) is 11. The predicted octanol–water partition coefficient (Wildman–Crippen LogP) is 6.07. The summed E-state index contributed by atoms with van der Waals surface area (Å²) in [5.41, 5.74) is 1.90. The number of carbonyl (C=O) groups excluding carboxylic acids is 1. The van der Waals surface area contributed by atoms with Crippen LogP contribution in [0, 0.1) is 0 Å². The molecule has 0 atom stereocenters. The topological polar surface area (TPSA) is 32.9 Å². The molecule has 2 heteroatoms. The second-order valence-electron chi connectivity index (χ2n) is 6.20. The highest BCUT2D eigenvalue weighted by atomic mass is 16.1. The van der Waals surface area contributed by atoms with Crippen molar-refractivity contribution in [3.8, 4) is 0 Å².